The monoisotopic (exact) mass is 358 g/mol. The van der Waals surface area contributed by atoms with E-state index in [0.29, 0.717) is 22.0 Å². The molecule has 24 heavy (non-hydrogen) atoms. The zero-order chi connectivity index (χ0) is 17.1. The van der Waals surface area contributed by atoms with Gasteiger partial charge in [0.1, 0.15) is 0 Å². The Balaban J connectivity index is 2.07. The normalized spacial score (nSPS) is 11.0. The number of H-pyrrole nitrogens is 1. The van der Waals surface area contributed by atoms with E-state index >= 15 is 0 Å². The van der Waals surface area contributed by atoms with Gasteiger partial charge >= 0.3 is 5.97 Å². The van der Waals surface area contributed by atoms with Gasteiger partial charge < -0.3 is 5.11 Å². The lowest BCUT2D eigenvalue weighted by molar-refractivity contribution is 0.0697. The van der Waals surface area contributed by atoms with Crippen molar-refractivity contribution in [2.24, 2.45) is 5.10 Å². The molecule has 0 amide bonds. The molecule has 0 aliphatic heterocycles. The third kappa shape index (κ3) is 3.12. The Kier molecular flexibility index (Phi) is 4.54. The zero-order valence-corrected chi connectivity index (χ0v) is 13.8. The molecule has 0 saturated heterocycles. The number of carbonyl (C=O) groups is 1. The van der Waals surface area contributed by atoms with Gasteiger partial charge in [-0.05, 0) is 30.4 Å². The molecule has 120 valence electrons. The van der Waals surface area contributed by atoms with Crippen LogP contribution in [0.1, 0.15) is 15.9 Å². The van der Waals surface area contributed by atoms with Gasteiger partial charge in [0.15, 0.2) is 5.82 Å². The van der Waals surface area contributed by atoms with Crippen molar-refractivity contribution in [1.82, 2.24) is 14.9 Å². The summed E-state index contributed by atoms with van der Waals surface area (Å²) in [7, 11) is 0. The molecule has 0 saturated carbocycles. The van der Waals surface area contributed by atoms with E-state index in [-0.39, 0.29) is 10.3 Å². The first-order chi connectivity index (χ1) is 11.6. The van der Waals surface area contributed by atoms with Crippen molar-refractivity contribution in [3.8, 4) is 11.4 Å². The predicted molar refractivity (Wildman–Crippen MR) is 94.3 cm³/mol. The minimum absolute atomic E-state index is 0.149. The summed E-state index contributed by atoms with van der Waals surface area (Å²) in [4.78, 5) is 11.3. The molecule has 0 atom stereocenters. The fourth-order valence-electron chi connectivity index (χ4n) is 2.14. The van der Waals surface area contributed by atoms with E-state index in [0.717, 1.165) is 0 Å². The fourth-order valence-corrected chi connectivity index (χ4v) is 2.54. The number of hydrogen-bond acceptors (Lipinski definition) is 4. The van der Waals surface area contributed by atoms with Gasteiger partial charge in [0.2, 0.25) is 4.77 Å². The summed E-state index contributed by atoms with van der Waals surface area (Å²) in [5.41, 5.74) is 1.27. The average molecular weight is 359 g/mol. The molecule has 8 heteroatoms. The van der Waals surface area contributed by atoms with Crippen molar-refractivity contribution in [3.05, 3.63) is 69.5 Å². The number of aromatic nitrogens is 3. The summed E-state index contributed by atoms with van der Waals surface area (Å²) in [5.74, 6) is -0.589. The van der Waals surface area contributed by atoms with E-state index < -0.39 is 5.97 Å². The highest BCUT2D eigenvalue weighted by Crippen LogP contribution is 2.25. The van der Waals surface area contributed by atoms with E-state index in [1.807, 2.05) is 12.1 Å². The Morgan fingerprint density at radius 2 is 1.96 bits per heavy atom. The molecule has 3 rings (SSSR count). The Hall–Kier alpha value is -2.77. The van der Waals surface area contributed by atoms with Crippen LogP contribution in [0.25, 0.3) is 11.4 Å². The minimum atomic E-state index is -1.03. The van der Waals surface area contributed by atoms with Gasteiger partial charge in [-0.25, -0.2) is 9.89 Å². The minimum Gasteiger partial charge on any atom is -0.478 e. The van der Waals surface area contributed by atoms with Gasteiger partial charge in [0.05, 0.1) is 16.8 Å². The summed E-state index contributed by atoms with van der Waals surface area (Å²) >= 11 is 11.4. The van der Waals surface area contributed by atoms with Crippen LogP contribution in [0.3, 0.4) is 0 Å². The third-order valence-electron chi connectivity index (χ3n) is 3.27. The fraction of sp³-hybridized carbons (Fsp3) is 0. The third-order valence-corrected chi connectivity index (χ3v) is 3.86. The van der Waals surface area contributed by atoms with Gasteiger partial charge in [-0.2, -0.15) is 14.9 Å². The molecule has 2 aromatic carbocycles. The summed E-state index contributed by atoms with van der Waals surface area (Å²) in [6.07, 6.45) is 1.43. The van der Waals surface area contributed by atoms with E-state index in [1.165, 1.54) is 17.0 Å². The summed E-state index contributed by atoms with van der Waals surface area (Å²) < 4.78 is 1.67. The predicted octanol–water partition coefficient (Wildman–Crippen LogP) is 3.84. The number of halogens is 1. The molecule has 3 aromatic rings. The van der Waals surface area contributed by atoms with Crippen LogP contribution < -0.4 is 0 Å². The summed E-state index contributed by atoms with van der Waals surface area (Å²) in [6.45, 7) is 0. The number of benzene rings is 2. The standard InChI is InChI=1S/C16H11ClN4O2S/c17-13-8-4-3-7-12(13)14-19-20-16(24)21(14)18-9-10-5-1-2-6-11(10)15(22)23/h1-9H,(H,20,24)(H,22,23)/b18-9-. The molecule has 0 bridgehead atoms. The van der Waals surface area contributed by atoms with Gasteiger partial charge in [-0.3, -0.25) is 0 Å². The van der Waals surface area contributed by atoms with Crippen molar-refractivity contribution in [1.29, 1.82) is 0 Å². The number of aromatic amines is 1. The van der Waals surface area contributed by atoms with Crippen molar-refractivity contribution in [2.75, 3.05) is 0 Å². The summed E-state index contributed by atoms with van der Waals surface area (Å²) in [5, 5.41) is 20.8. The number of nitrogens with zero attached hydrogens (tertiary/aromatic N) is 3. The highest BCUT2D eigenvalue weighted by atomic mass is 35.5. The average Bonchev–Trinajstić information content (AvgIpc) is 2.94. The molecule has 6 nitrogen and oxygen atoms in total. The first-order valence-corrected chi connectivity index (χ1v) is 7.65. The second kappa shape index (κ2) is 6.77. The SMILES string of the molecule is O=C(O)c1ccccc1/C=N\n1c(-c2ccccc2Cl)n[nH]c1=S. The lowest BCUT2D eigenvalue weighted by Crippen LogP contribution is -2.02. The maximum absolute atomic E-state index is 11.3. The highest BCUT2D eigenvalue weighted by molar-refractivity contribution is 7.71. The number of rotatable bonds is 4. The molecule has 0 radical (unpaired) electrons. The van der Waals surface area contributed by atoms with Crippen LogP contribution in [-0.2, 0) is 0 Å². The molecule has 1 aromatic heterocycles. The molecule has 2 N–H and O–H groups in total. The molecule has 0 unspecified atom stereocenters. The quantitative estimate of drug-likeness (QED) is 0.548. The van der Waals surface area contributed by atoms with Crippen molar-refractivity contribution in [3.63, 3.8) is 0 Å². The number of aromatic carboxylic acids is 1. The number of hydrogen-bond donors (Lipinski definition) is 2. The van der Waals surface area contributed by atoms with Crippen LogP contribution in [0, 0.1) is 4.77 Å². The smallest absolute Gasteiger partial charge is 0.336 e. The van der Waals surface area contributed by atoms with Gasteiger partial charge in [-0.1, -0.05) is 41.9 Å². The lowest BCUT2D eigenvalue weighted by atomic mass is 10.1. The molecule has 0 spiro atoms. The second-order valence-corrected chi connectivity index (χ2v) is 5.57. The van der Waals surface area contributed by atoms with Crippen LogP contribution in [-0.4, -0.2) is 32.2 Å². The molecular formula is C16H11ClN4O2S. The largest absolute Gasteiger partial charge is 0.478 e. The lowest BCUT2D eigenvalue weighted by Gasteiger charge is -2.03. The van der Waals surface area contributed by atoms with Crippen molar-refractivity contribution < 1.29 is 9.90 Å². The van der Waals surface area contributed by atoms with E-state index in [9.17, 15) is 9.90 Å². The van der Waals surface area contributed by atoms with E-state index in [2.05, 4.69) is 15.3 Å². The second-order valence-electron chi connectivity index (χ2n) is 4.78. The Bertz CT molecular complexity index is 993. The summed E-state index contributed by atoms with van der Waals surface area (Å²) in [6, 6.07) is 13.7. The first-order valence-electron chi connectivity index (χ1n) is 6.87. The van der Waals surface area contributed by atoms with Crippen LogP contribution in [0.4, 0.5) is 0 Å². The van der Waals surface area contributed by atoms with Crippen LogP contribution in [0.15, 0.2) is 53.6 Å². The van der Waals surface area contributed by atoms with Gasteiger partial charge in [0.25, 0.3) is 0 Å². The highest BCUT2D eigenvalue weighted by Gasteiger charge is 2.12. The Labute approximate surface area is 147 Å². The molecule has 0 fully saturated rings. The maximum atomic E-state index is 11.3. The topological polar surface area (TPSA) is 83.3 Å². The Morgan fingerprint density at radius 3 is 2.71 bits per heavy atom. The van der Waals surface area contributed by atoms with Crippen LogP contribution in [0.5, 0.6) is 0 Å². The van der Waals surface area contributed by atoms with Gasteiger partial charge in [-0.15, -0.1) is 0 Å². The first kappa shape index (κ1) is 16.1. The van der Waals surface area contributed by atoms with Gasteiger partial charge in [0, 0.05) is 11.1 Å². The van der Waals surface area contributed by atoms with E-state index in [4.69, 9.17) is 23.8 Å². The van der Waals surface area contributed by atoms with Crippen LogP contribution in [0.2, 0.25) is 5.02 Å². The zero-order valence-electron chi connectivity index (χ0n) is 12.2. The molecule has 0 aliphatic carbocycles. The molecular weight excluding hydrogens is 348 g/mol. The number of nitrogens with one attached hydrogen (secondary N) is 1. The maximum Gasteiger partial charge on any atom is 0.336 e. The molecule has 1 heterocycles. The van der Waals surface area contributed by atoms with E-state index in [1.54, 1.807) is 30.3 Å². The van der Waals surface area contributed by atoms with Crippen LogP contribution >= 0.6 is 23.8 Å². The number of carboxylic acids is 1. The molecule has 0 aliphatic rings. The Morgan fingerprint density at radius 1 is 1.25 bits per heavy atom. The van der Waals surface area contributed by atoms with Crippen molar-refractivity contribution in [2.45, 2.75) is 0 Å². The van der Waals surface area contributed by atoms with Crippen molar-refractivity contribution >= 4 is 36.0 Å². The number of carboxylic acid groups (broad SMARTS) is 1.